The molecule has 0 heterocycles. The Balaban J connectivity index is 3.16. The van der Waals surface area contributed by atoms with Crippen molar-refractivity contribution in [1.82, 2.24) is 0 Å². The highest BCUT2D eigenvalue weighted by Gasteiger charge is 2.01. The molecular formula is C12H22O4. The lowest BCUT2D eigenvalue weighted by molar-refractivity contribution is -0.140. The van der Waals surface area contributed by atoms with Crippen LogP contribution >= 0.6 is 0 Å². The van der Waals surface area contributed by atoms with Crippen LogP contribution in [0.25, 0.3) is 0 Å². The van der Waals surface area contributed by atoms with E-state index < -0.39 is 0 Å². The average Bonchev–Trinajstić information content (AvgIpc) is 2.21. The largest absolute Gasteiger partial charge is 0.460 e. The summed E-state index contributed by atoms with van der Waals surface area (Å²) in [6.07, 6.45) is 0. The van der Waals surface area contributed by atoms with Gasteiger partial charge < -0.3 is 14.2 Å². The van der Waals surface area contributed by atoms with E-state index in [-0.39, 0.29) is 12.6 Å². The van der Waals surface area contributed by atoms with Crippen LogP contribution in [-0.4, -0.2) is 39.0 Å². The molecule has 0 saturated carbocycles. The van der Waals surface area contributed by atoms with Crippen LogP contribution in [0.3, 0.4) is 0 Å². The SMILES string of the molecule is C=C(C)C(=O)OCCOCCOCC(C)C. The standard InChI is InChI=1S/C12H22O4/c1-10(2)9-15-6-5-14-7-8-16-12(13)11(3)4/h10H,3,5-9H2,1-2,4H3. The third kappa shape index (κ3) is 9.68. The summed E-state index contributed by atoms with van der Waals surface area (Å²) < 4.78 is 15.4. The van der Waals surface area contributed by atoms with Crippen LogP contribution in [0.1, 0.15) is 20.8 Å². The van der Waals surface area contributed by atoms with Gasteiger partial charge in [-0.15, -0.1) is 0 Å². The zero-order valence-electron chi connectivity index (χ0n) is 10.5. The van der Waals surface area contributed by atoms with Crippen molar-refractivity contribution in [3.63, 3.8) is 0 Å². The minimum absolute atomic E-state index is 0.260. The zero-order valence-corrected chi connectivity index (χ0v) is 10.5. The smallest absolute Gasteiger partial charge is 0.333 e. The van der Waals surface area contributed by atoms with Crippen molar-refractivity contribution in [3.05, 3.63) is 12.2 Å². The van der Waals surface area contributed by atoms with Gasteiger partial charge >= 0.3 is 5.97 Å². The number of ether oxygens (including phenoxy) is 3. The van der Waals surface area contributed by atoms with Gasteiger partial charge in [0, 0.05) is 12.2 Å². The van der Waals surface area contributed by atoms with E-state index in [0.717, 1.165) is 6.61 Å². The molecule has 0 aromatic rings. The second-order valence-corrected chi connectivity index (χ2v) is 4.00. The van der Waals surface area contributed by atoms with Crippen LogP contribution in [0, 0.1) is 5.92 Å². The van der Waals surface area contributed by atoms with Gasteiger partial charge in [-0.3, -0.25) is 0 Å². The molecule has 0 amide bonds. The second-order valence-electron chi connectivity index (χ2n) is 4.00. The first-order valence-corrected chi connectivity index (χ1v) is 5.52. The molecule has 0 rings (SSSR count). The molecule has 0 radical (unpaired) electrons. The Morgan fingerprint density at radius 3 is 2.25 bits per heavy atom. The Hall–Kier alpha value is -0.870. The Morgan fingerprint density at radius 1 is 1.12 bits per heavy atom. The molecule has 0 bridgehead atoms. The first kappa shape index (κ1) is 15.1. The van der Waals surface area contributed by atoms with Crippen molar-refractivity contribution < 1.29 is 19.0 Å². The molecule has 4 heteroatoms. The van der Waals surface area contributed by atoms with Crippen molar-refractivity contribution in [2.75, 3.05) is 33.0 Å². The van der Waals surface area contributed by atoms with E-state index in [1.807, 2.05) is 0 Å². The van der Waals surface area contributed by atoms with Crippen LogP contribution in [-0.2, 0) is 19.0 Å². The minimum Gasteiger partial charge on any atom is -0.460 e. The van der Waals surface area contributed by atoms with Crippen molar-refractivity contribution in [2.45, 2.75) is 20.8 Å². The highest BCUT2D eigenvalue weighted by molar-refractivity contribution is 5.86. The Kier molecular flexibility index (Phi) is 8.85. The molecule has 0 spiro atoms. The van der Waals surface area contributed by atoms with E-state index in [0.29, 0.717) is 31.3 Å². The summed E-state index contributed by atoms with van der Waals surface area (Å²) in [5.74, 6) is 0.163. The molecular weight excluding hydrogens is 208 g/mol. The summed E-state index contributed by atoms with van der Waals surface area (Å²) in [4.78, 5) is 11.0. The monoisotopic (exact) mass is 230 g/mol. The van der Waals surface area contributed by atoms with Gasteiger partial charge in [0.2, 0.25) is 0 Å². The molecule has 0 atom stereocenters. The lowest BCUT2D eigenvalue weighted by Crippen LogP contribution is -2.13. The molecule has 94 valence electrons. The van der Waals surface area contributed by atoms with Crippen molar-refractivity contribution in [2.24, 2.45) is 5.92 Å². The van der Waals surface area contributed by atoms with E-state index in [4.69, 9.17) is 14.2 Å². The molecule has 0 fully saturated rings. The Labute approximate surface area is 97.6 Å². The van der Waals surface area contributed by atoms with Gasteiger partial charge in [-0.1, -0.05) is 20.4 Å². The summed E-state index contributed by atoms with van der Waals surface area (Å²) in [5, 5.41) is 0. The molecule has 0 aliphatic rings. The fourth-order valence-electron chi connectivity index (χ4n) is 0.855. The van der Waals surface area contributed by atoms with Crippen LogP contribution < -0.4 is 0 Å². The van der Waals surface area contributed by atoms with E-state index in [9.17, 15) is 4.79 Å². The molecule has 0 saturated heterocycles. The average molecular weight is 230 g/mol. The highest BCUT2D eigenvalue weighted by atomic mass is 16.6. The summed E-state index contributed by atoms with van der Waals surface area (Å²) >= 11 is 0. The number of hydrogen-bond donors (Lipinski definition) is 0. The molecule has 16 heavy (non-hydrogen) atoms. The molecule has 0 unspecified atom stereocenters. The summed E-state index contributed by atoms with van der Waals surface area (Å²) in [6.45, 7) is 11.8. The van der Waals surface area contributed by atoms with Crippen molar-refractivity contribution in [3.8, 4) is 0 Å². The topological polar surface area (TPSA) is 44.8 Å². The number of carbonyl (C=O) groups excluding carboxylic acids is 1. The third-order valence-corrected chi connectivity index (χ3v) is 1.63. The van der Waals surface area contributed by atoms with Gasteiger partial charge in [0.1, 0.15) is 6.61 Å². The molecule has 0 N–H and O–H groups in total. The van der Waals surface area contributed by atoms with Crippen LogP contribution in [0.4, 0.5) is 0 Å². The predicted octanol–water partition coefficient (Wildman–Crippen LogP) is 1.79. The van der Waals surface area contributed by atoms with Crippen LogP contribution in [0.2, 0.25) is 0 Å². The summed E-state index contributed by atoms with van der Waals surface area (Å²) in [6, 6.07) is 0. The van der Waals surface area contributed by atoms with Gasteiger partial charge in [0.15, 0.2) is 0 Å². The van der Waals surface area contributed by atoms with E-state index in [1.54, 1.807) is 6.92 Å². The van der Waals surface area contributed by atoms with Gasteiger partial charge in [0.25, 0.3) is 0 Å². The quantitative estimate of drug-likeness (QED) is 0.344. The maximum absolute atomic E-state index is 11.0. The second kappa shape index (κ2) is 9.36. The summed E-state index contributed by atoms with van der Waals surface area (Å²) in [7, 11) is 0. The first-order valence-electron chi connectivity index (χ1n) is 5.52. The number of carbonyl (C=O) groups is 1. The van der Waals surface area contributed by atoms with Gasteiger partial charge in [-0.25, -0.2) is 4.79 Å². The van der Waals surface area contributed by atoms with Crippen LogP contribution in [0.5, 0.6) is 0 Å². The van der Waals surface area contributed by atoms with E-state index in [1.165, 1.54) is 0 Å². The molecule has 4 nitrogen and oxygen atoms in total. The first-order chi connectivity index (χ1) is 7.54. The normalized spacial score (nSPS) is 10.5. The van der Waals surface area contributed by atoms with E-state index >= 15 is 0 Å². The molecule has 0 aliphatic heterocycles. The highest BCUT2D eigenvalue weighted by Crippen LogP contribution is 1.93. The van der Waals surface area contributed by atoms with Gasteiger partial charge in [-0.2, -0.15) is 0 Å². The molecule has 0 aliphatic carbocycles. The van der Waals surface area contributed by atoms with Crippen molar-refractivity contribution >= 4 is 5.97 Å². The third-order valence-electron chi connectivity index (χ3n) is 1.63. The fourth-order valence-corrected chi connectivity index (χ4v) is 0.855. The van der Waals surface area contributed by atoms with Gasteiger partial charge in [-0.05, 0) is 12.8 Å². The lowest BCUT2D eigenvalue weighted by Gasteiger charge is -2.08. The zero-order chi connectivity index (χ0) is 12.4. The number of hydrogen-bond acceptors (Lipinski definition) is 4. The van der Waals surface area contributed by atoms with Gasteiger partial charge in [0.05, 0.1) is 19.8 Å². The summed E-state index contributed by atoms with van der Waals surface area (Å²) in [5.41, 5.74) is 0.403. The molecule has 0 aromatic carbocycles. The fraction of sp³-hybridized carbons (Fsp3) is 0.750. The Bertz CT molecular complexity index is 211. The van der Waals surface area contributed by atoms with Crippen molar-refractivity contribution in [1.29, 1.82) is 0 Å². The molecule has 0 aromatic heterocycles. The minimum atomic E-state index is -0.375. The Morgan fingerprint density at radius 2 is 1.69 bits per heavy atom. The lowest BCUT2D eigenvalue weighted by atomic mass is 10.2. The predicted molar refractivity (Wildman–Crippen MR) is 62.2 cm³/mol. The number of esters is 1. The van der Waals surface area contributed by atoms with E-state index in [2.05, 4.69) is 20.4 Å². The van der Waals surface area contributed by atoms with Crippen LogP contribution in [0.15, 0.2) is 12.2 Å². The maximum Gasteiger partial charge on any atom is 0.333 e. The number of rotatable bonds is 9. The maximum atomic E-state index is 11.0.